The van der Waals surface area contributed by atoms with Crippen LogP contribution in [0.25, 0.3) is 0 Å². The fraction of sp³-hybridized carbons (Fsp3) is 0.273. The Morgan fingerprint density at radius 2 is 1.88 bits per heavy atom. The summed E-state index contributed by atoms with van der Waals surface area (Å²) in [5.41, 5.74) is 0.220. The summed E-state index contributed by atoms with van der Waals surface area (Å²) in [6.45, 7) is 0.922. The Labute approximate surface area is 97.3 Å². The second-order valence-corrected chi connectivity index (χ2v) is 3.27. The number of ether oxygens (including phenoxy) is 1. The van der Waals surface area contributed by atoms with Gasteiger partial charge >= 0.3 is 5.97 Å². The topological polar surface area (TPSA) is 86.5 Å². The van der Waals surface area contributed by atoms with Gasteiger partial charge in [-0.05, 0) is 24.3 Å². The molecule has 0 aliphatic rings. The zero-order chi connectivity index (χ0) is 12.8. The first-order chi connectivity index (χ1) is 8.02. The Morgan fingerprint density at radius 3 is 2.35 bits per heavy atom. The summed E-state index contributed by atoms with van der Waals surface area (Å²) < 4.78 is 4.90. The fourth-order valence-corrected chi connectivity index (χ4v) is 1.12. The summed E-state index contributed by atoms with van der Waals surface area (Å²) in [6.07, 6.45) is 0.252. The highest BCUT2D eigenvalue weighted by Gasteiger charge is 2.12. The molecule has 1 aromatic rings. The number of hydrogen-bond acceptors (Lipinski definition) is 5. The van der Waals surface area contributed by atoms with Crippen molar-refractivity contribution in [2.45, 2.75) is 13.3 Å². The molecule has 0 fully saturated rings. The Hall–Kier alpha value is -2.24. The van der Waals surface area contributed by atoms with Crippen LogP contribution in [0.5, 0.6) is 5.75 Å². The average molecular weight is 237 g/mol. The second-order valence-electron chi connectivity index (χ2n) is 3.27. The lowest BCUT2D eigenvalue weighted by molar-refractivity contribution is -0.465. The van der Waals surface area contributed by atoms with Crippen molar-refractivity contribution < 1.29 is 19.2 Å². The SMILES string of the molecule is CCC(=O)Oc1ccc(C(=O)C[N+](=O)[O-])cc1. The minimum Gasteiger partial charge on any atom is -0.427 e. The van der Waals surface area contributed by atoms with Crippen LogP contribution in [0.4, 0.5) is 0 Å². The number of esters is 1. The van der Waals surface area contributed by atoms with Crippen molar-refractivity contribution in [2.75, 3.05) is 6.54 Å². The van der Waals surface area contributed by atoms with Gasteiger partial charge in [-0.15, -0.1) is 0 Å². The van der Waals surface area contributed by atoms with E-state index in [4.69, 9.17) is 4.74 Å². The third-order valence-electron chi connectivity index (χ3n) is 1.97. The second kappa shape index (κ2) is 5.74. The highest BCUT2D eigenvalue weighted by molar-refractivity contribution is 5.97. The Balaban J connectivity index is 2.70. The minimum absolute atomic E-state index is 0.220. The number of nitrogens with zero attached hydrogens (tertiary/aromatic N) is 1. The molecule has 0 saturated carbocycles. The van der Waals surface area contributed by atoms with Crippen molar-refractivity contribution in [1.29, 1.82) is 0 Å². The summed E-state index contributed by atoms with van der Waals surface area (Å²) in [4.78, 5) is 31.7. The first-order valence-corrected chi connectivity index (χ1v) is 4.98. The van der Waals surface area contributed by atoms with Crippen LogP contribution < -0.4 is 4.74 Å². The molecule has 1 aromatic carbocycles. The van der Waals surface area contributed by atoms with E-state index in [0.29, 0.717) is 5.75 Å². The number of hydrogen-bond donors (Lipinski definition) is 0. The highest BCUT2D eigenvalue weighted by atomic mass is 16.6. The number of carbonyl (C=O) groups excluding carboxylic acids is 2. The molecule has 90 valence electrons. The molecule has 0 unspecified atom stereocenters. The van der Waals surface area contributed by atoms with Gasteiger partial charge in [0.05, 0.1) is 0 Å². The van der Waals surface area contributed by atoms with Gasteiger partial charge < -0.3 is 4.74 Å². The van der Waals surface area contributed by atoms with Gasteiger partial charge in [0.25, 0.3) is 6.54 Å². The largest absolute Gasteiger partial charge is 0.427 e. The van der Waals surface area contributed by atoms with Crippen LogP contribution in [0.15, 0.2) is 24.3 Å². The lowest BCUT2D eigenvalue weighted by Gasteiger charge is -2.02. The molecule has 17 heavy (non-hydrogen) atoms. The molecule has 0 aliphatic carbocycles. The third-order valence-corrected chi connectivity index (χ3v) is 1.97. The summed E-state index contributed by atoms with van der Waals surface area (Å²) in [7, 11) is 0. The smallest absolute Gasteiger partial charge is 0.310 e. The maximum absolute atomic E-state index is 11.3. The van der Waals surface area contributed by atoms with E-state index in [9.17, 15) is 19.7 Å². The summed E-state index contributed by atoms with van der Waals surface area (Å²) in [5.74, 6) is -0.646. The van der Waals surface area contributed by atoms with Crippen LogP contribution in [0, 0.1) is 10.1 Å². The normalized spacial score (nSPS) is 9.71. The van der Waals surface area contributed by atoms with Gasteiger partial charge in [0, 0.05) is 16.9 Å². The molecule has 6 nitrogen and oxygen atoms in total. The molecule has 0 atom stereocenters. The molecule has 1 rings (SSSR count). The van der Waals surface area contributed by atoms with E-state index >= 15 is 0 Å². The van der Waals surface area contributed by atoms with E-state index in [1.807, 2.05) is 0 Å². The van der Waals surface area contributed by atoms with Crippen molar-refractivity contribution >= 4 is 11.8 Å². The van der Waals surface area contributed by atoms with Crippen LogP contribution in [0.3, 0.4) is 0 Å². The molecular weight excluding hydrogens is 226 g/mol. The fourth-order valence-electron chi connectivity index (χ4n) is 1.12. The highest BCUT2D eigenvalue weighted by Crippen LogP contribution is 2.13. The molecule has 0 heterocycles. The zero-order valence-electron chi connectivity index (χ0n) is 9.21. The number of nitro groups is 1. The van der Waals surface area contributed by atoms with E-state index in [1.54, 1.807) is 6.92 Å². The zero-order valence-corrected chi connectivity index (χ0v) is 9.21. The van der Waals surface area contributed by atoms with Gasteiger partial charge in [0.2, 0.25) is 5.78 Å². The van der Waals surface area contributed by atoms with E-state index in [1.165, 1.54) is 24.3 Å². The predicted octanol–water partition coefficient (Wildman–Crippen LogP) is 1.46. The maximum Gasteiger partial charge on any atom is 0.310 e. The first-order valence-electron chi connectivity index (χ1n) is 4.98. The van der Waals surface area contributed by atoms with Gasteiger partial charge in [-0.3, -0.25) is 19.7 Å². The third kappa shape index (κ3) is 4.02. The summed E-state index contributed by atoms with van der Waals surface area (Å²) in [5, 5.41) is 10.1. The summed E-state index contributed by atoms with van der Waals surface area (Å²) in [6, 6.07) is 5.65. The van der Waals surface area contributed by atoms with Crippen molar-refractivity contribution in [3.63, 3.8) is 0 Å². The quantitative estimate of drug-likeness (QED) is 0.254. The monoisotopic (exact) mass is 237 g/mol. The molecule has 0 bridgehead atoms. The molecule has 0 aromatic heterocycles. The lowest BCUT2D eigenvalue weighted by atomic mass is 10.1. The molecule has 0 radical (unpaired) electrons. The molecule has 0 aliphatic heterocycles. The lowest BCUT2D eigenvalue weighted by Crippen LogP contribution is -2.13. The molecule has 0 spiro atoms. The van der Waals surface area contributed by atoms with Crippen LogP contribution in [0.1, 0.15) is 23.7 Å². The Morgan fingerprint density at radius 1 is 1.29 bits per heavy atom. The van der Waals surface area contributed by atoms with E-state index in [2.05, 4.69) is 0 Å². The van der Waals surface area contributed by atoms with E-state index in [0.717, 1.165) is 0 Å². The minimum atomic E-state index is -0.742. The summed E-state index contributed by atoms with van der Waals surface area (Å²) >= 11 is 0. The van der Waals surface area contributed by atoms with Crippen LogP contribution in [-0.4, -0.2) is 23.2 Å². The molecule has 6 heteroatoms. The van der Waals surface area contributed by atoms with E-state index in [-0.39, 0.29) is 18.0 Å². The number of ketones is 1. The number of carbonyl (C=O) groups is 2. The number of rotatable bonds is 5. The van der Waals surface area contributed by atoms with Crippen molar-refractivity contribution in [3.05, 3.63) is 39.9 Å². The maximum atomic E-state index is 11.3. The molecule has 0 saturated heterocycles. The number of Topliss-reactive ketones (excluding diaryl/α,β-unsaturated/α-hetero) is 1. The molecule has 0 amide bonds. The molecular formula is C11H11NO5. The Kier molecular flexibility index (Phi) is 4.33. The van der Waals surface area contributed by atoms with Gasteiger partial charge in [-0.2, -0.15) is 0 Å². The van der Waals surface area contributed by atoms with Crippen molar-refractivity contribution in [1.82, 2.24) is 0 Å². The van der Waals surface area contributed by atoms with Crippen LogP contribution >= 0.6 is 0 Å². The van der Waals surface area contributed by atoms with E-state index < -0.39 is 17.3 Å². The first kappa shape index (κ1) is 12.8. The van der Waals surface area contributed by atoms with Crippen molar-refractivity contribution in [2.24, 2.45) is 0 Å². The Bertz CT molecular complexity index is 438. The number of benzene rings is 1. The van der Waals surface area contributed by atoms with Gasteiger partial charge in [0.1, 0.15) is 5.75 Å². The van der Waals surface area contributed by atoms with Crippen molar-refractivity contribution in [3.8, 4) is 5.75 Å². The predicted molar refractivity (Wildman–Crippen MR) is 58.6 cm³/mol. The van der Waals surface area contributed by atoms with Gasteiger partial charge in [-0.1, -0.05) is 6.92 Å². The van der Waals surface area contributed by atoms with Crippen LogP contribution in [0.2, 0.25) is 0 Å². The van der Waals surface area contributed by atoms with Crippen LogP contribution in [-0.2, 0) is 4.79 Å². The van der Waals surface area contributed by atoms with Gasteiger partial charge in [-0.25, -0.2) is 0 Å². The van der Waals surface area contributed by atoms with Gasteiger partial charge in [0.15, 0.2) is 0 Å². The average Bonchev–Trinajstić information content (AvgIpc) is 2.28. The standard InChI is InChI=1S/C11H11NO5/c1-2-11(14)17-9-5-3-8(4-6-9)10(13)7-12(15)16/h3-6H,2,7H2,1H3. The molecule has 0 N–H and O–H groups in total.